The number of halogens is 3. The largest absolute Gasteiger partial charge is 0.479 e. The van der Waals surface area contributed by atoms with Gasteiger partial charge in [-0.1, -0.05) is 36.4 Å². The van der Waals surface area contributed by atoms with Crippen molar-refractivity contribution in [2.24, 2.45) is 0 Å². The van der Waals surface area contributed by atoms with E-state index < -0.39 is 29.1 Å². The van der Waals surface area contributed by atoms with Gasteiger partial charge in [-0.05, 0) is 43.2 Å². The summed E-state index contributed by atoms with van der Waals surface area (Å²) in [5.74, 6) is -1.51. The maximum absolute atomic E-state index is 12.7. The number of hydrogen-bond donors (Lipinski definition) is 1. The van der Waals surface area contributed by atoms with Crippen LogP contribution in [0.1, 0.15) is 46.6 Å². The zero-order valence-electron chi connectivity index (χ0n) is 17.4. The number of alkyl halides is 3. The fraction of sp³-hybridized carbons (Fsp3) is 0.261. The maximum atomic E-state index is 12.7. The summed E-state index contributed by atoms with van der Waals surface area (Å²) in [6, 6.07) is 12.8. The highest BCUT2D eigenvalue weighted by Crippen LogP contribution is 2.29. The Morgan fingerprint density at radius 1 is 0.969 bits per heavy atom. The van der Waals surface area contributed by atoms with E-state index in [1.807, 2.05) is 24.3 Å². The molecule has 1 aromatic heterocycles. The number of carboxylic acids is 1. The molecule has 2 aromatic carbocycles. The van der Waals surface area contributed by atoms with Crippen molar-refractivity contribution in [2.75, 3.05) is 0 Å². The van der Waals surface area contributed by atoms with Crippen molar-refractivity contribution in [3.63, 3.8) is 0 Å². The van der Waals surface area contributed by atoms with E-state index in [1.165, 1.54) is 19.9 Å². The number of carbonyl (C=O) groups is 2. The van der Waals surface area contributed by atoms with Gasteiger partial charge in [0, 0.05) is 11.8 Å². The molecule has 0 fully saturated rings. The highest BCUT2D eigenvalue weighted by molar-refractivity contribution is 6.07. The van der Waals surface area contributed by atoms with Crippen LogP contribution in [0.15, 0.2) is 60.8 Å². The van der Waals surface area contributed by atoms with Gasteiger partial charge in [0.15, 0.2) is 5.60 Å². The number of carbonyl (C=O) groups excluding carboxylic acids is 1. The molecule has 0 atom stereocenters. The van der Waals surface area contributed by atoms with Crippen LogP contribution in [0.4, 0.5) is 13.2 Å². The number of aromatic nitrogens is 2. The molecule has 3 aromatic rings. The second-order valence-electron chi connectivity index (χ2n) is 7.72. The lowest BCUT2D eigenvalue weighted by Crippen LogP contribution is -2.34. The average molecular weight is 446 g/mol. The van der Waals surface area contributed by atoms with Crippen LogP contribution in [0.5, 0.6) is 0 Å². The Bertz CT molecular complexity index is 1100. The average Bonchev–Trinajstić information content (AvgIpc) is 3.20. The van der Waals surface area contributed by atoms with Crippen molar-refractivity contribution >= 4 is 11.8 Å². The van der Waals surface area contributed by atoms with Gasteiger partial charge in [-0.25, -0.2) is 4.79 Å². The molecule has 0 amide bonds. The minimum Gasteiger partial charge on any atom is -0.479 e. The van der Waals surface area contributed by atoms with Crippen LogP contribution < -0.4 is 0 Å². The first kappa shape index (κ1) is 23.2. The van der Waals surface area contributed by atoms with Gasteiger partial charge in [-0.3, -0.25) is 9.48 Å². The summed E-state index contributed by atoms with van der Waals surface area (Å²) in [6.07, 6.45) is -2.85. The van der Waals surface area contributed by atoms with Gasteiger partial charge in [0.2, 0.25) is 5.78 Å². The van der Waals surface area contributed by atoms with Gasteiger partial charge < -0.3 is 9.84 Å². The molecular formula is C23H21F3N2O4. The lowest BCUT2D eigenvalue weighted by molar-refractivity contribution is -0.162. The zero-order chi connectivity index (χ0) is 23.5. The molecule has 1 heterocycles. The van der Waals surface area contributed by atoms with E-state index in [2.05, 4.69) is 5.10 Å². The van der Waals surface area contributed by atoms with Crippen molar-refractivity contribution in [1.29, 1.82) is 0 Å². The predicted octanol–water partition coefficient (Wildman–Crippen LogP) is 4.56. The van der Waals surface area contributed by atoms with Crippen molar-refractivity contribution in [3.05, 3.63) is 88.7 Å². The standard InChI is InChI=1S/C23H21F3N2O4/c1-22(2,21(30)31)32-14-16-5-3-15(4-6-16)13-28-12-11-19(27-28)20(29)17-7-9-18(10-8-17)23(24,25)26/h3-12H,13-14H2,1-2H3,(H,30,31). The molecule has 0 aliphatic heterocycles. The summed E-state index contributed by atoms with van der Waals surface area (Å²) in [4.78, 5) is 23.6. The van der Waals surface area contributed by atoms with Crippen molar-refractivity contribution in [1.82, 2.24) is 9.78 Å². The highest BCUT2D eigenvalue weighted by Gasteiger charge is 2.30. The van der Waals surface area contributed by atoms with E-state index in [4.69, 9.17) is 9.84 Å². The Labute approximate surface area is 182 Å². The van der Waals surface area contributed by atoms with Gasteiger partial charge in [0.05, 0.1) is 18.7 Å². The fourth-order valence-corrected chi connectivity index (χ4v) is 2.78. The lowest BCUT2D eigenvalue weighted by atomic mass is 10.1. The first-order valence-electron chi connectivity index (χ1n) is 9.66. The Morgan fingerprint density at radius 3 is 2.12 bits per heavy atom. The molecule has 3 rings (SSSR count). The van der Waals surface area contributed by atoms with E-state index in [1.54, 1.807) is 10.9 Å². The second kappa shape index (κ2) is 8.96. The molecule has 9 heteroatoms. The van der Waals surface area contributed by atoms with E-state index in [-0.39, 0.29) is 17.9 Å². The maximum Gasteiger partial charge on any atom is 0.416 e. The third-order valence-corrected chi connectivity index (χ3v) is 4.83. The van der Waals surface area contributed by atoms with Crippen molar-refractivity contribution in [3.8, 4) is 0 Å². The summed E-state index contributed by atoms with van der Waals surface area (Å²) >= 11 is 0. The lowest BCUT2D eigenvalue weighted by Gasteiger charge is -2.20. The van der Waals surface area contributed by atoms with Crippen LogP contribution in [0.2, 0.25) is 0 Å². The normalized spacial score (nSPS) is 12.0. The number of benzene rings is 2. The first-order valence-corrected chi connectivity index (χ1v) is 9.66. The molecular weight excluding hydrogens is 425 g/mol. The van der Waals surface area contributed by atoms with Gasteiger partial charge in [-0.2, -0.15) is 18.3 Å². The molecule has 0 radical (unpaired) electrons. The number of hydrogen-bond acceptors (Lipinski definition) is 4. The van der Waals surface area contributed by atoms with Crippen LogP contribution in [0.25, 0.3) is 0 Å². The Kier molecular flexibility index (Phi) is 6.50. The Hall–Kier alpha value is -3.46. The molecule has 0 aliphatic rings. The monoisotopic (exact) mass is 446 g/mol. The van der Waals surface area contributed by atoms with Crippen LogP contribution in [0.3, 0.4) is 0 Å². The van der Waals surface area contributed by atoms with Gasteiger partial charge >= 0.3 is 12.1 Å². The summed E-state index contributed by atoms with van der Waals surface area (Å²) in [6.45, 7) is 3.48. The molecule has 0 unspecified atom stereocenters. The van der Waals surface area contributed by atoms with Crippen LogP contribution in [-0.4, -0.2) is 32.2 Å². The van der Waals surface area contributed by atoms with Crippen LogP contribution in [-0.2, 0) is 28.9 Å². The highest BCUT2D eigenvalue weighted by atomic mass is 19.4. The predicted molar refractivity (Wildman–Crippen MR) is 109 cm³/mol. The molecule has 168 valence electrons. The molecule has 32 heavy (non-hydrogen) atoms. The van der Waals surface area contributed by atoms with Gasteiger partial charge in [-0.15, -0.1) is 0 Å². The topological polar surface area (TPSA) is 81.4 Å². The molecule has 1 N–H and O–H groups in total. The summed E-state index contributed by atoms with van der Waals surface area (Å²) in [5.41, 5.74) is -0.156. The Morgan fingerprint density at radius 2 is 1.56 bits per heavy atom. The molecule has 0 saturated carbocycles. The summed E-state index contributed by atoms with van der Waals surface area (Å²) in [5, 5.41) is 13.3. The van der Waals surface area contributed by atoms with Crippen LogP contribution >= 0.6 is 0 Å². The minimum absolute atomic E-state index is 0.122. The summed E-state index contributed by atoms with van der Waals surface area (Å²) < 4.78 is 45.0. The molecule has 0 bridgehead atoms. The molecule has 0 saturated heterocycles. The smallest absolute Gasteiger partial charge is 0.416 e. The summed E-state index contributed by atoms with van der Waals surface area (Å²) in [7, 11) is 0. The van der Waals surface area contributed by atoms with Crippen LogP contribution in [0, 0.1) is 0 Å². The minimum atomic E-state index is -4.46. The quantitative estimate of drug-likeness (QED) is 0.513. The van der Waals surface area contributed by atoms with E-state index in [9.17, 15) is 22.8 Å². The molecule has 0 spiro atoms. The number of ketones is 1. The number of nitrogens with zero attached hydrogens (tertiary/aromatic N) is 2. The Balaban J connectivity index is 1.62. The number of ether oxygens (including phenoxy) is 1. The van der Waals surface area contributed by atoms with Crippen molar-refractivity contribution in [2.45, 2.75) is 38.8 Å². The second-order valence-corrected chi connectivity index (χ2v) is 7.72. The third kappa shape index (κ3) is 5.61. The van der Waals surface area contributed by atoms with Gasteiger partial charge in [0.1, 0.15) is 5.69 Å². The first-order chi connectivity index (χ1) is 15.0. The number of rotatable bonds is 8. The van der Waals surface area contributed by atoms with Crippen molar-refractivity contribution < 1.29 is 32.6 Å². The van der Waals surface area contributed by atoms with E-state index >= 15 is 0 Å². The fourth-order valence-electron chi connectivity index (χ4n) is 2.78. The number of carboxylic acid groups (broad SMARTS) is 1. The third-order valence-electron chi connectivity index (χ3n) is 4.83. The molecule has 6 nitrogen and oxygen atoms in total. The number of aliphatic carboxylic acids is 1. The van der Waals surface area contributed by atoms with Gasteiger partial charge in [0.25, 0.3) is 0 Å². The van der Waals surface area contributed by atoms with E-state index in [0.29, 0.717) is 6.54 Å². The zero-order valence-corrected chi connectivity index (χ0v) is 17.4. The SMILES string of the molecule is CC(C)(OCc1ccc(Cn2ccc(C(=O)c3ccc(C(F)(F)F)cc3)n2)cc1)C(=O)O. The van der Waals surface area contributed by atoms with E-state index in [0.717, 1.165) is 35.4 Å². The molecule has 0 aliphatic carbocycles.